The van der Waals surface area contributed by atoms with E-state index in [1.165, 1.54) is 23.1 Å². The lowest BCUT2D eigenvalue weighted by atomic mass is 10.2. The van der Waals surface area contributed by atoms with Crippen molar-refractivity contribution < 1.29 is 4.74 Å². The molecule has 0 aliphatic heterocycles. The molecule has 0 spiro atoms. The second kappa shape index (κ2) is 9.61. The fourth-order valence-corrected chi connectivity index (χ4v) is 6.74. The van der Waals surface area contributed by atoms with Crippen LogP contribution < -0.4 is 15.9 Å². The maximum Gasteiger partial charge on any atom is 0.271 e. The molecular weight excluding hydrogens is 494 g/mol. The maximum atomic E-state index is 13.3. The van der Waals surface area contributed by atoms with Crippen LogP contribution in [0.3, 0.4) is 0 Å². The van der Waals surface area contributed by atoms with Crippen molar-refractivity contribution in [3.05, 3.63) is 85.2 Å². The van der Waals surface area contributed by atoms with Crippen molar-refractivity contribution >= 4 is 43.5 Å². The van der Waals surface area contributed by atoms with Crippen LogP contribution in [0.2, 0.25) is 0 Å². The number of nitrogens with zero attached hydrogens (tertiary/aromatic N) is 5. The zero-order valence-corrected chi connectivity index (χ0v) is 22.5. The number of aryl methyl sites for hydroxylation is 4. The number of methoxy groups -OCH3 is 1. The number of fused-ring (bicyclic) bond motifs is 2. The van der Waals surface area contributed by atoms with Crippen LogP contribution in [0.4, 0.5) is 0 Å². The normalized spacial score (nSPS) is 11.7. The molecule has 5 aromatic rings. The van der Waals surface area contributed by atoms with E-state index in [0.29, 0.717) is 30.7 Å². The Bertz CT molecular complexity index is 1590. The minimum Gasteiger partial charge on any atom is -0.497 e. The molecule has 186 valence electrons. The fourth-order valence-electron chi connectivity index (χ4n) is 4.48. The van der Waals surface area contributed by atoms with Gasteiger partial charge in [-0.2, -0.15) is 0 Å². The average Bonchev–Trinajstić information content (AvgIpc) is 3.30. The van der Waals surface area contributed by atoms with Gasteiger partial charge in [0.05, 0.1) is 31.2 Å². The predicted octanol–water partition coefficient (Wildman–Crippen LogP) is 4.59. The highest BCUT2D eigenvalue weighted by Crippen LogP contribution is 2.22. The molecule has 1 aromatic carbocycles. The maximum absolute atomic E-state index is 13.3. The molecule has 0 radical (unpaired) electrons. The second-order valence-electron chi connectivity index (χ2n) is 9.03. The standard InChI is InChI=1S/C26H27N5O3S2/c1-15-10-17(3)27-23-21(15)25(32)30(35-23)13-29(12-19-6-8-20(34-5)9-7-19)14-31-26(33)22-16(2)11-18(4)28-24(22)36-31/h6-11H,12-14H2,1-5H3. The molecule has 0 aliphatic carbocycles. The minimum atomic E-state index is -0.0587. The van der Waals surface area contributed by atoms with Gasteiger partial charge in [0.15, 0.2) is 0 Å². The predicted molar refractivity (Wildman–Crippen MR) is 145 cm³/mol. The van der Waals surface area contributed by atoms with Gasteiger partial charge in [-0.1, -0.05) is 12.1 Å². The third-order valence-electron chi connectivity index (χ3n) is 6.12. The zero-order valence-electron chi connectivity index (χ0n) is 20.9. The lowest BCUT2D eigenvalue weighted by molar-refractivity contribution is 0.171. The first kappa shape index (κ1) is 24.4. The van der Waals surface area contributed by atoms with E-state index in [9.17, 15) is 9.59 Å². The van der Waals surface area contributed by atoms with Crippen LogP contribution in [0, 0.1) is 27.7 Å². The monoisotopic (exact) mass is 521 g/mol. The molecule has 10 heteroatoms. The van der Waals surface area contributed by atoms with Crippen molar-refractivity contribution in [3.63, 3.8) is 0 Å². The largest absolute Gasteiger partial charge is 0.497 e. The van der Waals surface area contributed by atoms with Crippen LogP contribution in [-0.2, 0) is 19.9 Å². The summed E-state index contributed by atoms with van der Waals surface area (Å²) in [5.41, 5.74) is 4.56. The van der Waals surface area contributed by atoms with Gasteiger partial charge in [0.1, 0.15) is 15.4 Å². The molecule has 0 N–H and O–H groups in total. The van der Waals surface area contributed by atoms with E-state index in [0.717, 1.165) is 43.5 Å². The summed E-state index contributed by atoms with van der Waals surface area (Å²) in [5.74, 6) is 0.778. The molecule has 0 saturated heterocycles. The first-order chi connectivity index (χ1) is 17.2. The molecule has 8 nitrogen and oxygen atoms in total. The number of benzene rings is 1. The van der Waals surface area contributed by atoms with Gasteiger partial charge in [-0.05, 0) is 91.7 Å². The topological polar surface area (TPSA) is 82.2 Å². The summed E-state index contributed by atoms with van der Waals surface area (Å²) in [7, 11) is 1.64. The van der Waals surface area contributed by atoms with Crippen LogP contribution in [-0.4, -0.2) is 29.9 Å². The van der Waals surface area contributed by atoms with Crippen LogP contribution in [0.15, 0.2) is 46.0 Å². The molecule has 4 heterocycles. The third-order valence-corrected chi connectivity index (χ3v) is 8.06. The highest BCUT2D eigenvalue weighted by molar-refractivity contribution is 7.13. The minimum absolute atomic E-state index is 0.0587. The molecule has 0 amide bonds. The Labute approximate surface area is 216 Å². The van der Waals surface area contributed by atoms with E-state index in [2.05, 4.69) is 14.9 Å². The highest BCUT2D eigenvalue weighted by Gasteiger charge is 2.18. The van der Waals surface area contributed by atoms with E-state index in [1.54, 1.807) is 15.0 Å². The lowest BCUT2D eigenvalue weighted by Gasteiger charge is -2.22. The summed E-state index contributed by atoms with van der Waals surface area (Å²) in [6.07, 6.45) is 0. The van der Waals surface area contributed by atoms with Gasteiger partial charge in [-0.25, -0.2) is 17.9 Å². The van der Waals surface area contributed by atoms with Gasteiger partial charge in [0.25, 0.3) is 11.1 Å². The molecule has 0 aliphatic rings. The summed E-state index contributed by atoms with van der Waals surface area (Å²) >= 11 is 2.71. The molecule has 0 unspecified atom stereocenters. The first-order valence-electron chi connectivity index (χ1n) is 11.5. The Hall–Kier alpha value is -3.34. The molecule has 5 rings (SSSR count). The van der Waals surface area contributed by atoms with E-state index in [1.807, 2.05) is 64.1 Å². The Kier molecular flexibility index (Phi) is 6.50. The number of hydrogen-bond donors (Lipinski definition) is 0. The molecule has 0 bridgehead atoms. The molecule has 4 aromatic heterocycles. The lowest BCUT2D eigenvalue weighted by Crippen LogP contribution is -2.33. The summed E-state index contributed by atoms with van der Waals surface area (Å²) in [4.78, 5) is 39.3. The summed E-state index contributed by atoms with van der Waals surface area (Å²) < 4.78 is 8.73. The van der Waals surface area contributed by atoms with E-state index in [-0.39, 0.29) is 11.1 Å². The quantitative estimate of drug-likeness (QED) is 0.312. The SMILES string of the molecule is COc1ccc(CN(Cn2sc3nc(C)cc(C)c3c2=O)Cn2sc3nc(C)cc(C)c3c2=O)cc1. The van der Waals surface area contributed by atoms with Crippen molar-refractivity contribution in [1.29, 1.82) is 0 Å². The number of pyridine rings is 2. The number of rotatable bonds is 7. The Morgan fingerprint density at radius 1 is 0.806 bits per heavy atom. The Morgan fingerprint density at radius 3 is 1.72 bits per heavy atom. The number of ether oxygens (including phenoxy) is 1. The third kappa shape index (κ3) is 4.59. The van der Waals surface area contributed by atoms with Gasteiger partial charge in [-0.3, -0.25) is 14.5 Å². The van der Waals surface area contributed by atoms with Crippen molar-refractivity contribution in [1.82, 2.24) is 22.8 Å². The average molecular weight is 522 g/mol. The van der Waals surface area contributed by atoms with E-state index >= 15 is 0 Å². The van der Waals surface area contributed by atoms with Crippen LogP contribution in [0.1, 0.15) is 28.1 Å². The first-order valence-corrected chi connectivity index (χ1v) is 13.1. The van der Waals surface area contributed by atoms with Gasteiger partial charge >= 0.3 is 0 Å². The van der Waals surface area contributed by atoms with Gasteiger partial charge in [0.2, 0.25) is 0 Å². The Morgan fingerprint density at radius 2 is 1.28 bits per heavy atom. The fraction of sp³-hybridized carbons (Fsp3) is 0.308. The van der Waals surface area contributed by atoms with Crippen molar-refractivity contribution in [3.8, 4) is 5.75 Å². The van der Waals surface area contributed by atoms with Crippen LogP contribution >= 0.6 is 23.1 Å². The zero-order chi connectivity index (χ0) is 25.6. The van der Waals surface area contributed by atoms with Crippen LogP contribution in [0.5, 0.6) is 5.75 Å². The molecule has 0 fully saturated rings. The van der Waals surface area contributed by atoms with Gasteiger partial charge < -0.3 is 4.74 Å². The van der Waals surface area contributed by atoms with Gasteiger partial charge in [-0.15, -0.1) is 0 Å². The number of aromatic nitrogens is 4. The van der Waals surface area contributed by atoms with Crippen LogP contribution in [0.25, 0.3) is 20.4 Å². The summed E-state index contributed by atoms with van der Waals surface area (Å²) in [6, 6.07) is 11.7. The van der Waals surface area contributed by atoms with Crippen molar-refractivity contribution in [2.24, 2.45) is 0 Å². The Balaban J connectivity index is 1.54. The summed E-state index contributed by atoms with van der Waals surface area (Å²) in [5, 5.41) is 1.31. The van der Waals surface area contributed by atoms with Crippen molar-refractivity contribution in [2.75, 3.05) is 7.11 Å². The molecular formula is C26H27N5O3S2. The molecule has 0 saturated carbocycles. The summed E-state index contributed by atoms with van der Waals surface area (Å²) in [6.45, 7) is 8.96. The number of hydrogen-bond acceptors (Lipinski definition) is 8. The molecule has 36 heavy (non-hydrogen) atoms. The molecule has 0 atom stereocenters. The van der Waals surface area contributed by atoms with Gasteiger partial charge in [0, 0.05) is 17.9 Å². The highest BCUT2D eigenvalue weighted by atomic mass is 32.1. The second-order valence-corrected chi connectivity index (χ2v) is 11.1. The smallest absolute Gasteiger partial charge is 0.271 e. The van der Waals surface area contributed by atoms with Crippen molar-refractivity contribution in [2.45, 2.75) is 47.6 Å². The van der Waals surface area contributed by atoms with E-state index < -0.39 is 0 Å². The van der Waals surface area contributed by atoms with E-state index in [4.69, 9.17) is 4.74 Å².